The highest BCUT2D eigenvalue weighted by Crippen LogP contribution is 2.29. The van der Waals surface area contributed by atoms with Gasteiger partial charge in [-0.3, -0.25) is 4.79 Å². The molecule has 1 atom stereocenters. The summed E-state index contributed by atoms with van der Waals surface area (Å²) in [6.45, 7) is 1.37. The molecule has 1 aromatic rings. The SMILES string of the molecule is COc1cccc(C(CNC(=O)C2(S(C)(=O)=O)CCNCC2)N(C)C)c1.Cl.Cl. The third-order valence-electron chi connectivity index (χ3n) is 5.09. The van der Waals surface area contributed by atoms with Crippen LogP contribution in [0.1, 0.15) is 24.4 Å². The quantitative estimate of drug-likeness (QED) is 0.646. The summed E-state index contributed by atoms with van der Waals surface area (Å²) in [5, 5.41) is 6.01. The zero-order chi connectivity index (χ0) is 19.4. The number of ether oxygens (including phenoxy) is 1. The van der Waals surface area contributed by atoms with Crippen molar-refractivity contribution in [1.29, 1.82) is 0 Å². The second-order valence-electron chi connectivity index (χ2n) is 6.98. The molecular formula is C18H31Cl2N3O4S. The van der Waals surface area contributed by atoms with Gasteiger partial charge in [0.2, 0.25) is 5.91 Å². The minimum Gasteiger partial charge on any atom is -0.497 e. The van der Waals surface area contributed by atoms with Crippen molar-refractivity contribution < 1.29 is 17.9 Å². The Labute approximate surface area is 180 Å². The number of benzene rings is 1. The lowest BCUT2D eigenvalue weighted by Gasteiger charge is -2.35. The van der Waals surface area contributed by atoms with Crippen molar-refractivity contribution >= 4 is 40.6 Å². The lowest BCUT2D eigenvalue weighted by Crippen LogP contribution is -2.58. The first-order valence-electron chi connectivity index (χ1n) is 8.70. The number of sulfone groups is 1. The van der Waals surface area contributed by atoms with Gasteiger partial charge in [-0.2, -0.15) is 0 Å². The first kappa shape index (κ1) is 26.9. The molecular weight excluding hydrogens is 425 g/mol. The number of piperidine rings is 1. The maximum Gasteiger partial charge on any atom is 0.241 e. The van der Waals surface area contributed by atoms with Gasteiger partial charge >= 0.3 is 0 Å². The number of hydrogen-bond donors (Lipinski definition) is 2. The molecule has 162 valence electrons. The van der Waals surface area contributed by atoms with E-state index in [1.807, 2.05) is 43.3 Å². The van der Waals surface area contributed by atoms with Crippen LogP contribution in [0.3, 0.4) is 0 Å². The molecule has 1 aliphatic rings. The van der Waals surface area contributed by atoms with Crippen LogP contribution in [0.2, 0.25) is 0 Å². The summed E-state index contributed by atoms with van der Waals surface area (Å²) in [5.41, 5.74) is 0.994. The number of rotatable bonds is 7. The Morgan fingerprint density at radius 3 is 2.39 bits per heavy atom. The smallest absolute Gasteiger partial charge is 0.241 e. The third kappa shape index (κ3) is 5.97. The Bertz CT molecular complexity index is 738. The number of likely N-dealkylation sites (N-methyl/N-ethyl adjacent to an activating group) is 1. The summed E-state index contributed by atoms with van der Waals surface area (Å²) in [6, 6.07) is 7.57. The van der Waals surface area contributed by atoms with Crippen LogP contribution in [0, 0.1) is 0 Å². The molecule has 1 unspecified atom stereocenters. The van der Waals surface area contributed by atoms with Gasteiger partial charge in [0.15, 0.2) is 14.6 Å². The van der Waals surface area contributed by atoms with Gasteiger partial charge in [-0.1, -0.05) is 12.1 Å². The molecule has 2 N–H and O–H groups in total. The summed E-state index contributed by atoms with van der Waals surface area (Å²) >= 11 is 0. The van der Waals surface area contributed by atoms with Crippen LogP contribution in [-0.2, 0) is 14.6 Å². The van der Waals surface area contributed by atoms with Gasteiger partial charge in [0.1, 0.15) is 5.75 Å². The number of halogens is 2. The average Bonchev–Trinajstić information content (AvgIpc) is 2.61. The summed E-state index contributed by atoms with van der Waals surface area (Å²) in [4.78, 5) is 14.9. The van der Waals surface area contributed by atoms with Crippen molar-refractivity contribution in [2.75, 3.05) is 47.1 Å². The zero-order valence-electron chi connectivity index (χ0n) is 16.7. The number of carbonyl (C=O) groups is 1. The number of carbonyl (C=O) groups excluding carboxylic acids is 1. The maximum absolute atomic E-state index is 12.9. The molecule has 1 amide bonds. The van der Waals surface area contributed by atoms with Crippen molar-refractivity contribution in [2.45, 2.75) is 23.6 Å². The van der Waals surface area contributed by atoms with Crippen LogP contribution in [0.15, 0.2) is 24.3 Å². The van der Waals surface area contributed by atoms with Crippen LogP contribution >= 0.6 is 24.8 Å². The van der Waals surface area contributed by atoms with Crippen molar-refractivity contribution in [2.24, 2.45) is 0 Å². The molecule has 0 aromatic heterocycles. The fourth-order valence-corrected chi connectivity index (χ4v) is 4.75. The van der Waals surface area contributed by atoms with Crippen LogP contribution in [0.4, 0.5) is 0 Å². The Balaban J connectivity index is 0.00000364. The molecule has 1 aliphatic heterocycles. The summed E-state index contributed by atoms with van der Waals surface area (Å²) in [6.07, 6.45) is 1.75. The van der Waals surface area contributed by atoms with Gasteiger partial charge in [-0.15, -0.1) is 24.8 Å². The van der Waals surface area contributed by atoms with Crippen molar-refractivity contribution in [3.05, 3.63) is 29.8 Å². The van der Waals surface area contributed by atoms with Gasteiger partial charge in [0.25, 0.3) is 0 Å². The number of nitrogens with one attached hydrogen (secondary N) is 2. The Kier molecular flexibility index (Phi) is 10.8. The lowest BCUT2D eigenvalue weighted by atomic mass is 9.95. The van der Waals surface area contributed by atoms with Gasteiger partial charge in [-0.25, -0.2) is 8.42 Å². The molecule has 0 bridgehead atoms. The molecule has 0 saturated carbocycles. The molecule has 2 rings (SSSR count). The fourth-order valence-electron chi connectivity index (χ4n) is 3.39. The van der Waals surface area contributed by atoms with Crippen molar-refractivity contribution in [3.63, 3.8) is 0 Å². The highest BCUT2D eigenvalue weighted by atomic mass is 35.5. The second kappa shape index (κ2) is 11.2. The molecule has 10 heteroatoms. The monoisotopic (exact) mass is 455 g/mol. The fraction of sp³-hybridized carbons (Fsp3) is 0.611. The van der Waals surface area contributed by atoms with E-state index in [2.05, 4.69) is 10.6 Å². The maximum atomic E-state index is 12.9. The van der Waals surface area contributed by atoms with Gasteiger partial charge in [0.05, 0.1) is 13.2 Å². The number of hydrogen-bond acceptors (Lipinski definition) is 6. The molecule has 1 fully saturated rings. The first-order chi connectivity index (χ1) is 12.2. The first-order valence-corrected chi connectivity index (χ1v) is 10.6. The standard InChI is InChI=1S/C18H29N3O4S.2ClH/c1-21(2)16(14-6-5-7-15(12-14)25-3)13-20-17(22)18(26(4,23)24)8-10-19-11-9-18;;/h5-7,12,16,19H,8-11,13H2,1-4H3,(H,20,22);2*1H. The van der Waals surface area contributed by atoms with E-state index in [1.54, 1.807) is 7.11 Å². The Morgan fingerprint density at radius 2 is 1.89 bits per heavy atom. The number of amides is 1. The van der Waals surface area contributed by atoms with E-state index in [-0.39, 0.29) is 30.9 Å². The van der Waals surface area contributed by atoms with E-state index >= 15 is 0 Å². The normalized spacial score (nSPS) is 17.0. The van der Waals surface area contributed by atoms with Crippen LogP contribution < -0.4 is 15.4 Å². The van der Waals surface area contributed by atoms with E-state index in [4.69, 9.17) is 4.74 Å². The number of methoxy groups -OCH3 is 1. The zero-order valence-corrected chi connectivity index (χ0v) is 19.2. The molecule has 0 spiro atoms. The van der Waals surface area contributed by atoms with E-state index in [0.717, 1.165) is 17.6 Å². The molecule has 1 saturated heterocycles. The predicted molar refractivity (Wildman–Crippen MR) is 117 cm³/mol. The molecule has 0 radical (unpaired) electrons. The average molecular weight is 456 g/mol. The van der Waals surface area contributed by atoms with E-state index in [0.29, 0.717) is 32.5 Å². The largest absolute Gasteiger partial charge is 0.497 e. The Hall–Kier alpha value is -1.06. The molecule has 1 heterocycles. The topological polar surface area (TPSA) is 87.7 Å². The highest BCUT2D eigenvalue weighted by molar-refractivity contribution is 7.92. The van der Waals surface area contributed by atoms with Gasteiger partial charge in [0, 0.05) is 12.8 Å². The van der Waals surface area contributed by atoms with E-state index in [9.17, 15) is 13.2 Å². The minimum atomic E-state index is -3.52. The molecule has 28 heavy (non-hydrogen) atoms. The molecule has 7 nitrogen and oxygen atoms in total. The van der Waals surface area contributed by atoms with Gasteiger partial charge < -0.3 is 20.3 Å². The van der Waals surface area contributed by atoms with E-state index in [1.165, 1.54) is 0 Å². The summed E-state index contributed by atoms with van der Waals surface area (Å²) in [7, 11) is 1.94. The van der Waals surface area contributed by atoms with Crippen molar-refractivity contribution in [3.8, 4) is 5.75 Å². The molecule has 1 aromatic carbocycles. The van der Waals surface area contributed by atoms with Crippen LogP contribution in [0.5, 0.6) is 5.75 Å². The summed E-state index contributed by atoms with van der Waals surface area (Å²) in [5.74, 6) is 0.336. The summed E-state index contributed by atoms with van der Waals surface area (Å²) < 4.78 is 28.7. The van der Waals surface area contributed by atoms with E-state index < -0.39 is 20.5 Å². The third-order valence-corrected chi connectivity index (χ3v) is 7.11. The molecule has 0 aliphatic carbocycles. The lowest BCUT2D eigenvalue weighted by molar-refractivity contribution is -0.124. The Morgan fingerprint density at radius 1 is 1.29 bits per heavy atom. The highest BCUT2D eigenvalue weighted by Gasteiger charge is 2.48. The van der Waals surface area contributed by atoms with Crippen molar-refractivity contribution in [1.82, 2.24) is 15.5 Å². The predicted octanol–water partition coefficient (Wildman–Crippen LogP) is 1.42. The second-order valence-corrected chi connectivity index (χ2v) is 9.31. The van der Waals surface area contributed by atoms with Gasteiger partial charge in [-0.05, 0) is 57.7 Å². The number of nitrogens with zero attached hydrogens (tertiary/aromatic N) is 1. The van der Waals surface area contributed by atoms with Crippen LogP contribution in [0.25, 0.3) is 0 Å². The van der Waals surface area contributed by atoms with Crippen LogP contribution in [-0.4, -0.2) is 71.1 Å². The minimum absolute atomic E-state index is 0.